The van der Waals surface area contributed by atoms with Crippen molar-refractivity contribution in [2.45, 2.75) is 52.0 Å². The number of nitrogens with two attached hydrogens (primary N) is 1. The summed E-state index contributed by atoms with van der Waals surface area (Å²) >= 11 is 0. The summed E-state index contributed by atoms with van der Waals surface area (Å²) in [6.07, 6.45) is 5.84. The number of hydrogen-bond donors (Lipinski definition) is 2. The number of nitrogen functional groups attached to an aromatic ring is 1. The summed E-state index contributed by atoms with van der Waals surface area (Å²) in [7, 11) is 0. The van der Waals surface area contributed by atoms with Crippen LogP contribution in [0.5, 0.6) is 0 Å². The third-order valence-corrected chi connectivity index (χ3v) is 4.36. The van der Waals surface area contributed by atoms with Crippen LogP contribution in [-0.2, 0) is 11.2 Å². The van der Waals surface area contributed by atoms with Crippen LogP contribution in [-0.4, -0.2) is 29.9 Å². The number of likely N-dealkylation sites (tertiary alicyclic amines) is 1. The molecular formula is C17H27N3O. The van der Waals surface area contributed by atoms with Crippen LogP contribution < -0.4 is 11.1 Å². The van der Waals surface area contributed by atoms with Gasteiger partial charge in [0.25, 0.3) is 0 Å². The van der Waals surface area contributed by atoms with E-state index in [2.05, 4.69) is 17.1 Å². The lowest BCUT2D eigenvalue weighted by Crippen LogP contribution is -2.42. The lowest BCUT2D eigenvalue weighted by atomic mass is 10.1. The Kier molecular flexibility index (Phi) is 5.62. The van der Waals surface area contributed by atoms with Crippen molar-refractivity contribution in [3.05, 3.63) is 23.8 Å². The third-order valence-electron chi connectivity index (χ3n) is 4.36. The normalized spacial score (nSPS) is 18.0. The molecular weight excluding hydrogens is 262 g/mol. The van der Waals surface area contributed by atoms with Gasteiger partial charge in [-0.3, -0.25) is 9.69 Å². The zero-order valence-corrected chi connectivity index (χ0v) is 13.2. The molecule has 21 heavy (non-hydrogen) atoms. The van der Waals surface area contributed by atoms with Gasteiger partial charge in [0.2, 0.25) is 5.91 Å². The molecule has 1 atom stereocenters. The molecule has 4 heteroatoms. The Morgan fingerprint density at radius 2 is 1.95 bits per heavy atom. The minimum atomic E-state index is -0.0878. The van der Waals surface area contributed by atoms with Crippen molar-refractivity contribution in [2.24, 2.45) is 0 Å². The summed E-state index contributed by atoms with van der Waals surface area (Å²) in [5.41, 5.74) is 8.64. The van der Waals surface area contributed by atoms with Crippen LogP contribution in [0, 0.1) is 0 Å². The van der Waals surface area contributed by atoms with E-state index < -0.39 is 0 Å². The number of benzene rings is 1. The quantitative estimate of drug-likeness (QED) is 0.838. The zero-order valence-electron chi connectivity index (χ0n) is 13.2. The van der Waals surface area contributed by atoms with Crippen LogP contribution in [0.1, 0.15) is 45.1 Å². The van der Waals surface area contributed by atoms with Gasteiger partial charge in [-0.15, -0.1) is 0 Å². The molecule has 0 aromatic heterocycles. The van der Waals surface area contributed by atoms with Gasteiger partial charge in [0.15, 0.2) is 0 Å². The second kappa shape index (κ2) is 7.46. The number of amides is 1. The lowest BCUT2D eigenvalue weighted by Gasteiger charge is -2.26. The van der Waals surface area contributed by atoms with Crippen LogP contribution in [0.25, 0.3) is 0 Å². The largest absolute Gasteiger partial charge is 0.398 e. The number of aryl methyl sites for hydroxylation is 1. The molecule has 1 aromatic carbocycles. The summed E-state index contributed by atoms with van der Waals surface area (Å²) < 4.78 is 0. The molecule has 116 valence electrons. The van der Waals surface area contributed by atoms with E-state index in [0.29, 0.717) is 0 Å². The fourth-order valence-electron chi connectivity index (χ4n) is 2.89. The molecule has 0 saturated carbocycles. The highest BCUT2D eigenvalue weighted by Crippen LogP contribution is 2.19. The van der Waals surface area contributed by atoms with Gasteiger partial charge in [0, 0.05) is 11.4 Å². The Bertz CT molecular complexity index is 479. The zero-order chi connectivity index (χ0) is 15.2. The summed E-state index contributed by atoms with van der Waals surface area (Å²) in [6, 6.07) is 5.69. The van der Waals surface area contributed by atoms with E-state index in [1.807, 2.05) is 25.1 Å². The highest BCUT2D eigenvalue weighted by Gasteiger charge is 2.22. The van der Waals surface area contributed by atoms with Crippen LogP contribution >= 0.6 is 0 Å². The predicted molar refractivity (Wildman–Crippen MR) is 88.4 cm³/mol. The minimum absolute atomic E-state index is 0.0561. The van der Waals surface area contributed by atoms with E-state index in [0.717, 1.165) is 36.4 Å². The molecule has 0 bridgehead atoms. The van der Waals surface area contributed by atoms with Gasteiger partial charge in [-0.1, -0.05) is 25.8 Å². The third kappa shape index (κ3) is 4.21. The van der Waals surface area contributed by atoms with Crippen molar-refractivity contribution in [3.63, 3.8) is 0 Å². The van der Waals surface area contributed by atoms with Crippen molar-refractivity contribution < 1.29 is 4.79 Å². The first-order valence-electron chi connectivity index (χ1n) is 8.05. The number of hydrogen-bond acceptors (Lipinski definition) is 3. The first kappa shape index (κ1) is 15.8. The summed E-state index contributed by atoms with van der Waals surface area (Å²) in [5, 5.41) is 2.99. The topological polar surface area (TPSA) is 58.4 Å². The Morgan fingerprint density at radius 3 is 2.52 bits per heavy atom. The Morgan fingerprint density at radius 1 is 1.29 bits per heavy atom. The van der Waals surface area contributed by atoms with Gasteiger partial charge >= 0.3 is 0 Å². The number of carbonyl (C=O) groups excluding carboxylic acids is 1. The number of anilines is 2. The fourth-order valence-corrected chi connectivity index (χ4v) is 2.89. The molecule has 0 spiro atoms. The van der Waals surface area contributed by atoms with E-state index in [-0.39, 0.29) is 11.9 Å². The first-order valence-corrected chi connectivity index (χ1v) is 8.05. The maximum Gasteiger partial charge on any atom is 0.241 e. The van der Waals surface area contributed by atoms with Crippen molar-refractivity contribution in [3.8, 4) is 0 Å². The second-order valence-electron chi connectivity index (χ2n) is 5.88. The Hall–Kier alpha value is -1.55. The Labute approximate surface area is 127 Å². The van der Waals surface area contributed by atoms with Crippen molar-refractivity contribution >= 4 is 17.3 Å². The maximum absolute atomic E-state index is 12.4. The van der Waals surface area contributed by atoms with E-state index in [4.69, 9.17) is 5.73 Å². The van der Waals surface area contributed by atoms with Crippen molar-refractivity contribution in [1.82, 2.24) is 4.90 Å². The number of rotatable bonds is 4. The summed E-state index contributed by atoms with van der Waals surface area (Å²) in [4.78, 5) is 14.7. The van der Waals surface area contributed by atoms with Crippen molar-refractivity contribution in [1.29, 1.82) is 0 Å². The summed E-state index contributed by atoms with van der Waals surface area (Å²) in [6.45, 7) is 6.10. The van der Waals surface area contributed by atoms with Crippen molar-refractivity contribution in [2.75, 3.05) is 24.1 Å². The minimum Gasteiger partial charge on any atom is -0.398 e. The average Bonchev–Trinajstić information content (AvgIpc) is 2.75. The van der Waals surface area contributed by atoms with Gasteiger partial charge in [-0.25, -0.2) is 0 Å². The van der Waals surface area contributed by atoms with E-state index in [1.54, 1.807) is 0 Å². The molecule has 2 rings (SSSR count). The second-order valence-corrected chi connectivity index (χ2v) is 5.88. The van der Waals surface area contributed by atoms with E-state index >= 15 is 0 Å². The average molecular weight is 289 g/mol. The summed E-state index contributed by atoms with van der Waals surface area (Å²) in [5.74, 6) is 0.0561. The standard InChI is InChI=1S/C17H27N3O/c1-3-14-8-9-15(12-16(14)18)19-17(21)13(2)20-10-6-4-5-7-11-20/h8-9,12-13H,3-7,10-11,18H2,1-2H3,(H,19,21). The van der Waals surface area contributed by atoms with Gasteiger partial charge < -0.3 is 11.1 Å². The monoisotopic (exact) mass is 289 g/mol. The van der Waals surface area contributed by atoms with Gasteiger partial charge in [0.05, 0.1) is 6.04 Å². The first-order chi connectivity index (χ1) is 10.1. The lowest BCUT2D eigenvalue weighted by molar-refractivity contribution is -0.120. The van der Waals surface area contributed by atoms with E-state index in [9.17, 15) is 4.79 Å². The van der Waals surface area contributed by atoms with Crippen LogP contribution in [0.2, 0.25) is 0 Å². The molecule has 1 aliphatic heterocycles. The molecule has 0 radical (unpaired) electrons. The van der Waals surface area contributed by atoms with Crippen LogP contribution in [0.15, 0.2) is 18.2 Å². The molecule has 1 unspecified atom stereocenters. The molecule has 0 aliphatic carbocycles. The predicted octanol–water partition coefficient (Wildman–Crippen LogP) is 3.03. The highest BCUT2D eigenvalue weighted by atomic mass is 16.2. The van der Waals surface area contributed by atoms with Gasteiger partial charge in [-0.2, -0.15) is 0 Å². The van der Waals surface area contributed by atoms with Gasteiger partial charge in [0.1, 0.15) is 0 Å². The SMILES string of the molecule is CCc1ccc(NC(=O)C(C)N2CCCCCC2)cc1N. The van der Waals surface area contributed by atoms with Gasteiger partial charge in [-0.05, 0) is 57.0 Å². The molecule has 1 heterocycles. The smallest absolute Gasteiger partial charge is 0.241 e. The number of nitrogens with one attached hydrogen (secondary N) is 1. The van der Waals surface area contributed by atoms with E-state index in [1.165, 1.54) is 25.7 Å². The van der Waals surface area contributed by atoms with Crippen LogP contribution in [0.4, 0.5) is 11.4 Å². The molecule has 4 nitrogen and oxygen atoms in total. The number of nitrogens with zero attached hydrogens (tertiary/aromatic N) is 1. The highest BCUT2D eigenvalue weighted by molar-refractivity contribution is 5.95. The molecule has 1 aliphatic rings. The molecule has 1 aromatic rings. The molecule has 1 amide bonds. The molecule has 1 fully saturated rings. The Balaban J connectivity index is 1.98. The fraction of sp³-hybridized carbons (Fsp3) is 0.588. The maximum atomic E-state index is 12.4. The number of carbonyl (C=O) groups is 1. The molecule has 3 N–H and O–H groups in total. The van der Waals surface area contributed by atoms with Crippen LogP contribution in [0.3, 0.4) is 0 Å². The molecule has 1 saturated heterocycles.